The summed E-state index contributed by atoms with van der Waals surface area (Å²) in [5.74, 6) is 0. The van der Waals surface area contributed by atoms with E-state index >= 15 is 0 Å². The summed E-state index contributed by atoms with van der Waals surface area (Å²) in [4.78, 5) is 2.32. The van der Waals surface area contributed by atoms with Gasteiger partial charge in [-0.25, -0.2) is 0 Å². The van der Waals surface area contributed by atoms with Gasteiger partial charge in [0.2, 0.25) is 0 Å². The minimum Gasteiger partial charge on any atom is -0.344 e. The maximum Gasteiger partial charge on any atom is 0.0543 e. The van der Waals surface area contributed by atoms with E-state index in [1.165, 1.54) is 49.9 Å². The first-order valence-corrected chi connectivity index (χ1v) is 19.1. The molecule has 2 heteroatoms. The van der Waals surface area contributed by atoms with Gasteiger partial charge in [-0.2, -0.15) is 0 Å². The van der Waals surface area contributed by atoms with Crippen LogP contribution < -0.4 is 4.90 Å². The third-order valence-electron chi connectivity index (χ3n) is 11.5. The van der Waals surface area contributed by atoms with Gasteiger partial charge in [0.05, 0.1) is 11.2 Å². The number of hydrogen-bond donors (Lipinski definition) is 0. The fourth-order valence-corrected chi connectivity index (χ4v) is 8.69. The fourth-order valence-electron chi connectivity index (χ4n) is 8.69. The van der Waals surface area contributed by atoms with E-state index in [0.717, 1.165) is 45.0 Å². The molecule has 1 aromatic heterocycles. The van der Waals surface area contributed by atoms with Crippen molar-refractivity contribution in [2.24, 2.45) is 0 Å². The quantitative estimate of drug-likeness (QED) is 0.153. The van der Waals surface area contributed by atoms with E-state index in [4.69, 9.17) is 6.58 Å². The van der Waals surface area contributed by atoms with Gasteiger partial charge in [-0.15, -0.1) is 0 Å². The number of allylic oxidation sites excluding steroid dienone is 1. The summed E-state index contributed by atoms with van der Waals surface area (Å²) < 4.78 is 2.39. The van der Waals surface area contributed by atoms with Crippen molar-refractivity contribution < 1.29 is 0 Å². The van der Waals surface area contributed by atoms with Crippen molar-refractivity contribution >= 4 is 33.9 Å². The lowest BCUT2D eigenvalue weighted by Gasteiger charge is -2.26. The first kappa shape index (κ1) is 34.1. The Labute approximate surface area is 325 Å². The zero-order valence-corrected chi connectivity index (χ0v) is 31.9. The van der Waals surface area contributed by atoms with Crippen LogP contribution in [0, 0.1) is 0 Å². The SMILES string of the molecule is C=C(c1ccccc1N(C)c1ccc2c(c1)-c1ccccc1C2(C)C)c1c(/C=C\C)n(-c2cccc(-c3ccc(-c4ccccc4)cc3)c2)c2ccccc12. The van der Waals surface area contributed by atoms with Crippen molar-refractivity contribution in [1.29, 1.82) is 0 Å². The Bertz CT molecular complexity index is 2760. The van der Waals surface area contributed by atoms with E-state index in [2.05, 4.69) is 219 Å². The highest BCUT2D eigenvalue weighted by molar-refractivity contribution is 6.03. The Balaban J connectivity index is 1.13. The van der Waals surface area contributed by atoms with Crippen LogP contribution in [0.4, 0.5) is 11.4 Å². The van der Waals surface area contributed by atoms with Crippen LogP contribution >= 0.6 is 0 Å². The third-order valence-corrected chi connectivity index (χ3v) is 11.5. The molecule has 266 valence electrons. The zero-order chi connectivity index (χ0) is 37.7. The normalized spacial score (nSPS) is 12.9. The van der Waals surface area contributed by atoms with Gasteiger partial charge >= 0.3 is 0 Å². The molecule has 1 aliphatic carbocycles. The van der Waals surface area contributed by atoms with Crippen LogP contribution in [0.5, 0.6) is 0 Å². The van der Waals surface area contributed by atoms with Crippen LogP contribution in [-0.4, -0.2) is 11.6 Å². The number of benzene rings is 7. The Morgan fingerprint density at radius 2 is 1.24 bits per heavy atom. The molecule has 0 spiro atoms. The van der Waals surface area contributed by atoms with Gasteiger partial charge < -0.3 is 9.47 Å². The highest BCUT2D eigenvalue weighted by atomic mass is 15.1. The predicted octanol–water partition coefficient (Wildman–Crippen LogP) is 14.1. The monoisotopic (exact) mass is 708 g/mol. The average molecular weight is 709 g/mol. The van der Waals surface area contributed by atoms with Crippen LogP contribution in [0.3, 0.4) is 0 Å². The van der Waals surface area contributed by atoms with Crippen molar-refractivity contribution in [3.63, 3.8) is 0 Å². The molecule has 0 saturated heterocycles. The Morgan fingerprint density at radius 1 is 0.600 bits per heavy atom. The number of nitrogens with zero attached hydrogens (tertiary/aromatic N) is 2. The molecule has 0 amide bonds. The lowest BCUT2D eigenvalue weighted by atomic mass is 9.82. The Hall–Kier alpha value is -6.64. The molecular formula is C53H44N2. The van der Waals surface area contributed by atoms with Crippen LogP contribution in [0.15, 0.2) is 183 Å². The molecule has 7 aromatic carbocycles. The molecule has 0 saturated carbocycles. The average Bonchev–Trinajstić information content (AvgIpc) is 3.68. The van der Waals surface area contributed by atoms with Gasteiger partial charge in [0.25, 0.3) is 0 Å². The number of hydrogen-bond acceptors (Lipinski definition) is 1. The number of fused-ring (bicyclic) bond motifs is 4. The van der Waals surface area contributed by atoms with Gasteiger partial charge in [0.1, 0.15) is 0 Å². The first-order chi connectivity index (χ1) is 26.8. The van der Waals surface area contributed by atoms with E-state index in [1.54, 1.807) is 0 Å². The maximum absolute atomic E-state index is 4.86. The van der Waals surface area contributed by atoms with E-state index in [0.29, 0.717) is 0 Å². The molecule has 0 bridgehead atoms. The second kappa shape index (κ2) is 13.6. The van der Waals surface area contributed by atoms with E-state index in [1.807, 2.05) is 0 Å². The van der Waals surface area contributed by atoms with Crippen molar-refractivity contribution in [3.8, 4) is 39.1 Å². The van der Waals surface area contributed by atoms with Crippen molar-refractivity contribution in [2.45, 2.75) is 26.2 Å². The number of anilines is 2. The minimum absolute atomic E-state index is 0.0286. The molecule has 0 fully saturated rings. The van der Waals surface area contributed by atoms with Crippen molar-refractivity contribution in [2.75, 3.05) is 11.9 Å². The number of rotatable bonds is 8. The van der Waals surface area contributed by atoms with E-state index < -0.39 is 0 Å². The maximum atomic E-state index is 4.86. The molecule has 9 rings (SSSR count). The summed E-state index contributed by atoms with van der Waals surface area (Å²) in [6.07, 6.45) is 4.36. The molecule has 2 nitrogen and oxygen atoms in total. The summed E-state index contributed by atoms with van der Waals surface area (Å²) in [5.41, 5.74) is 19.0. The van der Waals surface area contributed by atoms with Crippen LogP contribution in [0.25, 0.3) is 61.6 Å². The molecule has 0 aliphatic heterocycles. The molecule has 0 radical (unpaired) electrons. The smallest absolute Gasteiger partial charge is 0.0543 e. The van der Waals surface area contributed by atoms with Gasteiger partial charge in [-0.1, -0.05) is 160 Å². The van der Waals surface area contributed by atoms with Crippen molar-refractivity contribution in [1.82, 2.24) is 4.57 Å². The Kier molecular flexibility index (Phi) is 8.47. The highest BCUT2D eigenvalue weighted by Crippen LogP contribution is 2.50. The first-order valence-electron chi connectivity index (χ1n) is 19.1. The van der Waals surface area contributed by atoms with Gasteiger partial charge in [0, 0.05) is 46.0 Å². The minimum atomic E-state index is -0.0286. The zero-order valence-electron chi connectivity index (χ0n) is 31.9. The predicted molar refractivity (Wildman–Crippen MR) is 236 cm³/mol. The highest BCUT2D eigenvalue weighted by Gasteiger charge is 2.35. The van der Waals surface area contributed by atoms with E-state index in [-0.39, 0.29) is 5.41 Å². The topological polar surface area (TPSA) is 8.17 Å². The fraction of sp³-hybridized carbons (Fsp3) is 0.0943. The molecule has 1 aliphatic rings. The molecule has 55 heavy (non-hydrogen) atoms. The molecule has 8 aromatic rings. The summed E-state index contributed by atoms with van der Waals surface area (Å²) >= 11 is 0. The van der Waals surface area contributed by atoms with Gasteiger partial charge in [-0.05, 0) is 99.5 Å². The van der Waals surface area contributed by atoms with Crippen LogP contribution in [0.1, 0.15) is 48.7 Å². The number of aromatic nitrogens is 1. The second-order valence-corrected chi connectivity index (χ2v) is 15.1. The summed E-state index contributed by atoms with van der Waals surface area (Å²) in [6.45, 7) is 11.6. The van der Waals surface area contributed by atoms with E-state index in [9.17, 15) is 0 Å². The second-order valence-electron chi connectivity index (χ2n) is 15.1. The summed E-state index contributed by atoms with van der Waals surface area (Å²) in [7, 11) is 2.17. The third kappa shape index (κ3) is 5.73. The summed E-state index contributed by atoms with van der Waals surface area (Å²) in [6, 6.07) is 61.5. The molecular weight excluding hydrogens is 665 g/mol. The lowest BCUT2D eigenvalue weighted by Crippen LogP contribution is -2.15. The molecule has 0 unspecified atom stereocenters. The van der Waals surface area contributed by atoms with Crippen LogP contribution in [0.2, 0.25) is 0 Å². The standard InChI is InChI=1S/C53H44N2/c1-6-17-51-52(36(2)43-22-11-14-26-49(43)54(5)41-32-33-48-46(35-41)44-23-10-13-25-47(44)53(48,3)4)45-24-12-15-27-50(45)55(51)42-21-16-20-40(34-42)39-30-28-38(29-31-39)37-18-8-7-9-19-37/h6-35H,2H2,1,3-5H3/b17-6-. The number of para-hydroxylation sites is 2. The lowest BCUT2D eigenvalue weighted by molar-refractivity contribution is 0.660. The molecule has 0 atom stereocenters. The largest absolute Gasteiger partial charge is 0.344 e. The Morgan fingerprint density at radius 3 is 2.04 bits per heavy atom. The van der Waals surface area contributed by atoms with Crippen molar-refractivity contribution in [3.05, 3.63) is 210 Å². The van der Waals surface area contributed by atoms with Gasteiger partial charge in [0.15, 0.2) is 0 Å². The molecule has 0 N–H and O–H groups in total. The van der Waals surface area contributed by atoms with Gasteiger partial charge in [-0.3, -0.25) is 0 Å². The summed E-state index contributed by atoms with van der Waals surface area (Å²) in [5, 5.41) is 1.17. The van der Waals surface area contributed by atoms with Crippen LogP contribution in [-0.2, 0) is 5.41 Å². The molecule has 1 heterocycles.